The van der Waals surface area contributed by atoms with E-state index in [4.69, 9.17) is 0 Å². The highest BCUT2D eigenvalue weighted by atomic mass is 32.2. The van der Waals surface area contributed by atoms with Crippen molar-refractivity contribution >= 4 is 34.6 Å². The van der Waals surface area contributed by atoms with E-state index in [9.17, 15) is 4.79 Å². The van der Waals surface area contributed by atoms with E-state index < -0.39 is 0 Å². The van der Waals surface area contributed by atoms with Crippen molar-refractivity contribution in [2.24, 2.45) is 4.99 Å². The number of anilines is 1. The van der Waals surface area contributed by atoms with Crippen molar-refractivity contribution in [2.75, 3.05) is 31.1 Å². The Balaban J connectivity index is 1.40. The quantitative estimate of drug-likeness (QED) is 0.780. The zero-order valence-corrected chi connectivity index (χ0v) is 14.5. The van der Waals surface area contributed by atoms with Crippen LogP contribution in [0.1, 0.15) is 5.56 Å². The summed E-state index contributed by atoms with van der Waals surface area (Å²) >= 11 is 1.47. The zero-order valence-electron chi connectivity index (χ0n) is 13.7. The number of benzene rings is 1. The molecule has 1 fully saturated rings. The van der Waals surface area contributed by atoms with E-state index in [1.165, 1.54) is 17.4 Å². The molecule has 2 aliphatic rings. The number of nitrogens with zero attached hydrogens (tertiary/aromatic N) is 4. The fraction of sp³-hybridized carbons (Fsp3) is 0.211. The number of carbonyl (C=O) groups is 1. The van der Waals surface area contributed by atoms with Crippen LogP contribution in [0.15, 0.2) is 64.8 Å². The SMILES string of the molecule is O=C1N=C(N2CCN(c3ccccc3)CC2)S/C1=C\c1ccncc1. The van der Waals surface area contributed by atoms with Crippen LogP contribution in [0.3, 0.4) is 0 Å². The van der Waals surface area contributed by atoms with Gasteiger partial charge < -0.3 is 9.80 Å². The molecule has 1 amide bonds. The number of piperazine rings is 1. The van der Waals surface area contributed by atoms with Gasteiger partial charge in [0.05, 0.1) is 4.91 Å². The average Bonchev–Trinajstić information content (AvgIpc) is 3.04. The number of hydrogen-bond acceptors (Lipinski definition) is 5. The maximum Gasteiger partial charge on any atom is 0.286 e. The predicted octanol–water partition coefficient (Wildman–Crippen LogP) is 2.87. The van der Waals surface area contributed by atoms with E-state index in [1.807, 2.05) is 24.3 Å². The van der Waals surface area contributed by atoms with Crippen molar-refractivity contribution in [3.05, 3.63) is 65.3 Å². The first kappa shape index (κ1) is 15.9. The van der Waals surface area contributed by atoms with Gasteiger partial charge in [-0.2, -0.15) is 4.99 Å². The van der Waals surface area contributed by atoms with Crippen molar-refractivity contribution in [2.45, 2.75) is 0 Å². The molecule has 2 aliphatic heterocycles. The molecule has 4 rings (SSSR count). The number of pyridine rings is 1. The van der Waals surface area contributed by atoms with Gasteiger partial charge in [-0.3, -0.25) is 9.78 Å². The van der Waals surface area contributed by atoms with Crippen molar-refractivity contribution in [3.63, 3.8) is 0 Å². The Bertz CT molecular complexity index is 812. The fourth-order valence-electron chi connectivity index (χ4n) is 2.94. The van der Waals surface area contributed by atoms with Crippen LogP contribution < -0.4 is 4.90 Å². The Morgan fingerprint density at radius 2 is 1.60 bits per heavy atom. The summed E-state index contributed by atoms with van der Waals surface area (Å²) in [7, 11) is 0. The monoisotopic (exact) mass is 350 g/mol. The Hall–Kier alpha value is -2.60. The maximum atomic E-state index is 12.2. The highest BCUT2D eigenvalue weighted by Gasteiger charge is 2.28. The maximum absolute atomic E-state index is 12.2. The summed E-state index contributed by atoms with van der Waals surface area (Å²) in [5.74, 6) is -0.151. The lowest BCUT2D eigenvalue weighted by atomic mass is 10.2. The number of rotatable bonds is 2. The van der Waals surface area contributed by atoms with E-state index in [-0.39, 0.29) is 5.91 Å². The van der Waals surface area contributed by atoms with E-state index in [1.54, 1.807) is 12.4 Å². The Morgan fingerprint density at radius 1 is 0.920 bits per heavy atom. The number of amidine groups is 1. The largest absolute Gasteiger partial charge is 0.368 e. The summed E-state index contributed by atoms with van der Waals surface area (Å²) in [5, 5.41) is 0.818. The van der Waals surface area contributed by atoms with E-state index >= 15 is 0 Å². The average molecular weight is 350 g/mol. The normalized spacial score (nSPS) is 19.4. The Labute approximate surface area is 151 Å². The second kappa shape index (κ2) is 7.11. The van der Waals surface area contributed by atoms with Crippen LogP contribution in [0.25, 0.3) is 6.08 Å². The van der Waals surface area contributed by atoms with Gasteiger partial charge in [0, 0.05) is 44.3 Å². The van der Waals surface area contributed by atoms with Crippen LogP contribution in [0.4, 0.5) is 5.69 Å². The predicted molar refractivity (Wildman–Crippen MR) is 102 cm³/mol. The van der Waals surface area contributed by atoms with Crippen molar-refractivity contribution in [1.29, 1.82) is 0 Å². The molecule has 2 aromatic rings. The summed E-state index contributed by atoms with van der Waals surface area (Å²) in [4.78, 5) is 25.7. The van der Waals surface area contributed by atoms with Crippen molar-refractivity contribution in [1.82, 2.24) is 9.88 Å². The molecule has 5 nitrogen and oxygen atoms in total. The molecule has 0 radical (unpaired) electrons. The topological polar surface area (TPSA) is 48.8 Å². The van der Waals surface area contributed by atoms with Crippen LogP contribution in [0, 0.1) is 0 Å². The molecule has 0 spiro atoms. The van der Waals surface area contributed by atoms with Gasteiger partial charge in [-0.15, -0.1) is 0 Å². The lowest BCUT2D eigenvalue weighted by Crippen LogP contribution is -2.47. The molecule has 1 aromatic carbocycles. The summed E-state index contributed by atoms with van der Waals surface area (Å²) in [6.45, 7) is 3.61. The number of amides is 1. The van der Waals surface area contributed by atoms with Crippen LogP contribution in [-0.2, 0) is 4.79 Å². The minimum atomic E-state index is -0.151. The highest BCUT2D eigenvalue weighted by Crippen LogP contribution is 2.30. The standard InChI is InChI=1S/C19H18N4OS/c24-18-17(14-15-6-8-20-9-7-15)25-19(21-18)23-12-10-22(11-13-23)16-4-2-1-3-5-16/h1-9,14H,10-13H2/b17-14-. The highest BCUT2D eigenvalue weighted by molar-refractivity contribution is 8.18. The van der Waals surface area contributed by atoms with Gasteiger partial charge in [-0.05, 0) is 47.7 Å². The third-order valence-electron chi connectivity index (χ3n) is 4.28. The molecule has 0 aliphatic carbocycles. The van der Waals surface area contributed by atoms with Gasteiger partial charge in [0.1, 0.15) is 0 Å². The van der Waals surface area contributed by atoms with E-state index in [2.05, 4.69) is 44.0 Å². The molecule has 0 bridgehead atoms. The lowest BCUT2D eigenvalue weighted by Gasteiger charge is -2.36. The molecule has 6 heteroatoms. The summed E-state index contributed by atoms with van der Waals surface area (Å²) in [6.07, 6.45) is 5.33. The molecule has 0 saturated carbocycles. The molecular formula is C19H18N4OS. The molecule has 1 aromatic heterocycles. The van der Waals surface area contributed by atoms with E-state index in [0.29, 0.717) is 4.91 Å². The van der Waals surface area contributed by atoms with E-state index in [0.717, 1.165) is 36.9 Å². The summed E-state index contributed by atoms with van der Waals surface area (Å²) in [5.41, 5.74) is 2.22. The first-order chi connectivity index (χ1) is 12.3. The Kier molecular flexibility index (Phi) is 4.52. The summed E-state index contributed by atoms with van der Waals surface area (Å²) in [6, 6.07) is 14.2. The van der Waals surface area contributed by atoms with Gasteiger partial charge >= 0.3 is 0 Å². The molecule has 0 unspecified atom stereocenters. The third kappa shape index (κ3) is 3.58. The fourth-order valence-corrected chi connectivity index (χ4v) is 3.90. The zero-order chi connectivity index (χ0) is 17.1. The number of hydrogen-bond donors (Lipinski definition) is 0. The lowest BCUT2D eigenvalue weighted by molar-refractivity contribution is -0.113. The number of aliphatic imine (C=N–C) groups is 1. The van der Waals surface area contributed by atoms with Gasteiger partial charge in [0.25, 0.3) is 5.91 Å². The first-order valence-corrected chi connectivity index (χ1v) is 9.09. The molecular weight excluding hydrogens is 332 g/mol. The first-order valence-electron chi connectivity index (χ1n) is 8.27. The van der Waals surface area contributed by atoms with Crippen molar-refractivity contribution < 1.29 is 4.79 Å². The molecule has 0 atom stereocenters. The third-order valence-corrected chi connectivity index (χ3v) is 5.33. The Morgan fingerprint density at radius 3 is 2.32 bits per heavy atom. The molecule has 126 valence electrons. The molecule has 0 N–H and O–H groups in total. The molecule has 1 saturated heterocycles. The number of thioether (sulfide) groups is 1. The summed E-state index contributed by atoms with van der Waals surface area (Å²) < 4.78 is 0. The number of carbonyl (C=O) groups excluding carboxylic acids is 1. The number of para-hydroxylation sites is 1. The minimum Gasteiger partial charge on any atom is -0.368 e. The second-order valence-corrected chi connectivity index (χ2v) is 6.91. The molecule has 3 heterocycles. The van der Waals surface area contributed by atoms with Gasteiger partial charge in [-0.1, -0.05) is 18.2 Å². The smallest absolute Gasteiger partial charge is 0.286 e. The second-order valence-electron chi connectivity index (χ2n) is 5.90. The molecule has 25 heavy (non-hydrogen) atoms. The van der Waals surface area contributed by atoms with Gasteiger partial charge in [-0.25, -0.2) is 0 Å². The number of aromatic nitrogens is 1. The van der Waals surface area contributed by atoms with Crippen LogP contribution >= 0.6 is 11.8 Å². The minimum absolute atomic E-state index is 0.151. The van der Waals surface area contributed by atoms with Crippen molar-refractivity contribution in [3.8, 4) is 0 Å². The van der Waals surface area contributed by atoms with Crippen LogP contribution in [0.2, 0.25) is 0 Å². The van der Waals surface area contributed by atoms with Crippen LogP contribution in [0.5, 0.6) is 0 Å². The van der Waals surface area contributed by atoms with Gasteiger partial charge in [0.15, 0.2) is 5.17 Å². The van der Waals surface area contributed by atoms with Crippen LogP contribution in [-0.4, -0.2) is 47.1 Å². The van der Waals surface area contributed by atoms with Gasteiger partial charge in [0.2, 0.25) is 0 Å².